The highest BCUT2D eigenvalue weighted by Crippen LogP contribution is 2.27. The molecule has 2 aromatic rings. The molecule has 4 heteroatoms. The lowest BCUT2D eigenvalue weighted by Crippen LogP contribution is -2.11. The smallest absolute Gasteiger partial charge is 0.146 e. The highest BCUT2D eigenvalue weighted by Gasteiger charge is 2.08. The molecule has 3 nitrogen and oxygen atoms in total. The predicted molar refractivity (Wildman–Crippen MR) is 84.0 cm³/mol. The van der Waals surface area contributed by atoms with Crippen LogP contribution in [0.25, 0.3) is 0 Å². The Bertz CT molecular complexity index is 578. The molecule has 20 heavy (non-hydrogen) atoms. The minimum atomic E-state index is 0.439. The van der Waals surface area contributed by atoms with Crippen LogP contribution in [-0.4, -0.2) is 6.54 Å². The lowest BCUT2D eigenvalue weighted by molar-refractivity contribution is 0.266. The van der Waals surface area contributed by atoms with Crippen LogP contribution < -0.4 is 10.1 Å². The lowest BCUT2D eigenvalue weighted by atomic mass is 10.2. The summed E-state index contributed by atoms with van der Waals surface area (Å²) < 4.78 is 12.5. The van der Waals surface area contributed by atoms with Gasteiger partial charge in [-0.1, -0.05) is 13.0 Å². The first kappa shape index (κ1) is 15.1. The van der Waals surface area contributed by atoms with Gasteiger partial charge < -0.3 is 14.5 Å². The Hall–Kier alpha value is -1.26. The van der Waals surface area contributed by atoms with Gasteiger partial charge in [-0.3, -0.25) is 0 Å². The van der Waals surface area contributed by atoms with Crippen LogP contribution in [0, 0.1) is 13.8 Å². The quantitative estimate of drug-likeness (QED) is 0.850. The molecule has 1 aromatic carbocycles. The Morgan fingerprint density at radius 1 is 1.25 bits per heavy atom. The van der Waals surface area contributed by atoms with E-state index in [1.807, 2.05) is 25.1 Å². The molecule has 0 saturated carbocycles. The van der Waals surface area contributed by atoms with E-state index in [-0.39, 0.29) is 0 Å². The molecule has 0 bridgehead atoms. The van der Waals surface area contributed by atoms with E-state index < -0.39 is 0 Å². The minimum Gasteiger partial charge on any atom is -0.484 e. The first-order valence-electron chi connectivity index (χ1n) is 6.78. The molecule has 0 atom stereocenters. The van der Waals surface area contributed by atoms with Gasteiger partial charge in [0.15, 0.2) is 0 Å². The Labute approximate surface area is 128 Å². The SMILES string of the molecule is CCNCc1cc(COc2ccc(C)cc2Br)oc1C. The van der Waals surface area contributed by atoms with Crippen molar-refractivity contribution in [2.24, 2.45) is 0 Å². The van der Waals surface area contributed by atoms with E-state index in [1.54, 1.807) is 0 Å². The molecule has 0 amide bonds. The van der Waals surface area contributed by atoms with Crippen LogP contribution >= 0.6 is 15.9 Å². The molecule has 0 aliphatic rings. The van der Waals surface area contributed by atoms with Crippen LogP contribution in [0.1, 0.15) is 29.6 Å². The predicted octanol–water partition coefficient (Wildman–Crippen LogP) is 4.35. The number of aryl methyl sites for hydroxylation is 2. The first-order chi connectivity index (χ1) is 9.60. The number of halogens is 1. The Morgan fingerprint density at radius 2 is 2.05 bits per heavy atom. The first-order valence-corrected chi connectivity index (χ1v) is 7.57. The van der Waals surface area contributed by atoms with Gasteiger partial charge in [0.25, 0.3) is 0 Å². The van der Waals surface area contributed by atoms with Crippen LogP contribution in [0.5, 0.6) is 5.75 Å². The van der Waals surface area contributed by atoms with Gasteiger partial charge in [0.05, 0.1) is 4.47 Å². The second-order valence-corrected chi connectivity index (χ2v) is 5.65. The number of ether oxygens (including phenoxy) is 1. The van der Waals surface area contributed by atoms with Crippen molar-refractivity contribution in [1.82, 2.24) is 5.32 Å². The zero-order chi connectivity index (χ0) is 14.5. The summed E-state index contributed by atoms with van der Waals surface area (Å²) in [4.78, 5) is 0. The van der Waals surface area contributed by atoms with Gasteiger partial charge in [0.2, 0.25) is 0 Å². The Morgan fingerprint density at radius 3 is 2.75 bits per heavy atom. The van der Waals surface area contributed by atoms with E-state index >= 15 is 0 Å². The minimum absolute atomic E-state index is 0.439. The normalized spacial score (nSPS) is 10.8. The molecule has 108 valence electrons. The molecule has 1 heterocycles. The second-order valence-electron chi connectivity index (χ2n) is 4.80. The molecule has 1 N–H and O–H groups in total. The highest BCUT2D eigenvalue weighted by molar-refractivity contribution is 9.10. The fourth-order valence-corrected chi connectivity index (χ4v) is 2.57. The molecule has 0 aliphatic carbocycles. The molecular formula is C16H20BrNO2. The maximum atomic E-state index is 5.79. The number of hydrogen-bond donors (Lipinski definition) is 1. The monoisotopic (exact) mass is 337 g/mol. The van der Waals surface area contributed by atoms with Gasteiger partial charge >= 0.3 is 0 Å². The van der Waals surface area contributed by atoms with Crippen molar-refractivity contribution in [2.75, 3.05) is 6.54 Å². The van der Waals surface area contributed by atoms with Crippen LogP contribution in [0.2, 0.25) is 0 Å². The van der Waals surface area contributed by atoms with Gasteiger partial charge in [0, 0.05) is 12.1 Å². The average Bonchev–Trinajstić information content (AvgIpc) is 2.76. The summed E-state index contributed by atoms with van der Waals surface area (Å²) in [7, 11) is 0. The lowest BCUT2D eigenvalue weighted by Gasteiger charge is -2.07. The summed E-state index contributed by atoms with van der Waals surface area (Å²) in [5.74, 6) is 2.63. The summed E-state index contributed by atoms with van der Waals surface area (Å²) in [6, 6.07) is 8.10. The number of hydrogen-bond acceptors (Lipinski definition) is 3. The van der Waals surface area contributed by atoms with E-state index in [2.05, 4.69) is 41.2 Å². The summed E-state index contributed by atoms with van der Waals surface area (Å²) in [6.07, 6.45) is 0. The fraction of sp³-hybridized carbons (Fsp3) is 0.375. The van der Waals surface area contributed by atoms with Crippen molar-refractivity contribution >= 4 is 15.9 Å². The van der Waals surface area contributed by atoms with E-state index in [0.29, 0.717) is 6.61 Å². The molecule has 0 unspecified atom stereocenters. The fourth-order valence-electron chi connectivity index (χ4n) is 1.97. The van der Waals surface area contributed by atoms with Crippen molar-refractivity contribution in [3.63, 3.8) is 0 Å². The average molecular weight is 338 g/mol. The topological polar surface area (TPSA) is 34.4 Å². The second kappa shape index (κ2) is 6.95. The Balaban J connectivity index is 2.00. The van der Waals surface area contributed by atoms with Gasteiger partial charge in [-0.25, -0.2) is 0 Å². The van der Waals surface area contributed by atoms with Gasteiger partial charge in [0.1, 0.15) is 23.9 Å². The largest absolute Gasteiger partial charge is 0.484 e. The maximum Gasteiger partial charge on any atom is 0.146 e. The summed E-state index contributed by atoms with van der Waals surface area (Å²) in [5.41, 5.74) is 2.39. The van der Waals surface area contributed by atoms with E-state index in [4.69, 9.17) is 9.15 Å². The van der Waals surface area contributed by atoms with E-state index in [1.165, 1.54) is 11.1 Å². The molecular weight excluding hydrogens is 318 g/mol. The molecule has 0 radical (unpaired) electrons. The molecule has 2 rings (SSSR count). The van der Waals surface area contributed by atoms with Crippen molar-refractivity contribution < 1.29 is 9.15 Å². The van der Waals surface area contributed by atoms with Crippen molar-refractivity contribution in [1.29, 1.82) is 0 Å². The molecule has 0 aliphatic heterocycles. The number of furan rings is 1. The number of benzene rings is 1. The van der Waals surface area contributed by atoms with Crippen molar-refractivity contribution in [2.45, 2.75) is 33.9 Å². The van der Waals surface area contributed by atoms with Crippen LogP contribution in [0.3, 0.4) is 0 Å². The number of rotatable bonds is 6. The van der Waals surface area contributed by atoms with Crippen LogP contribution in [0.4, 0.5) is 0 Å². The van der Waals surface area contributed by atoms with Crippen LogP contribution in [0.15, 0.2) is 33.2 Å². The highest BCUT2D eigenvalue weighted by atomic mass is 79.9. The maximum absolute atomic E-state index is 5.79. The van der Waals surface area contributed by atoms with Gasteiger partial charge in [-0.15, -0.1) is 0 Å². The molecule has 0 spiro atoms. The zero-order valence-corrected chi connectivity index (χ0v) is 13.7. The Kier molecular flexibility index (Phi) is 5.26. The number of nitrogens with one attached hydrogen (secondary N) is 1. The van der Waals surface area contributed by atoms with Crippen molar-refractivity contribution in [3.05, 3.63) is 51.4 Å². The molecule has 1 aromatic heterocycles. The third-order valence-electron chi connectivity index (χ3n) is 3.09. The van der Waals surface area contributed by atoms with Gasteiger partial charge in [-0.05, 0) is 60.1 Å². The molecule has 0 fully saturated rings. The third-order valence-corrected chi connectivity index (χ3v) is 3.71. The van der Waals surface area contributed by atoms with Crippen molar-refractivity contribution in [3.8, 4) is 5.75 Å². The van der Waals surface area contributed by atoms with E-state index in [0.717, 1.165) is 34.8 Å². The third kappa shape index (κ3) is 3.87. The summed E-state index contributed by atoms with van der Waals surface area (Å²) in [6.45, 7) is 8.35. The standard InChI is InChI=1S/C16H20BrNO2/c1-4-18-9-13-8-14(20-12(13)3)10-19-16-6-5-11(2)7-15(16)17/h5-8,18H,4,9-10H2,1-3H3. The molecule has 0 saturated heterocycles. The summed E-state index contributed by atoms with van der Waals surface area (Å²) in [5, 5.41) is 3.30. The van der Waals surface area contributed by atoms with Crippen LogP contribution in [-0.2, 0) is 13.2 Å². The van der Waals surface area contributed by atoms with E-state index in [9.17, 15) is 0 Å². The summed E-state index contributed by atoms with van der Waals surface area (Å²) >= 11 is 3.51. The van der Waals surface area contributed by atoms with Gasteiger partial charge in [-0.2, -0.15) is 0 Å². The zero-order valence-electron chi connectivity index (χ0n) is 12.1.